The summed E-state index contributed by atoms with van der Waals surface area (Å²) < 4.78 is 10.7. The van der Waals surface area contributed by atoms with Gasteiger partial charge in [-0.05, 0) is 33.2 Å². The van der Waals surface area contributed by atoms with E-state index in [0.717, 1.165) is 32.5 Å². The lowest BCUT2D eigenvalue weighted by atomic mass is 10.2. The number of hydrogen-bond acceptors (Lipinski definition) is 4. The standard InChI is InChI=1S/C12H23NO3/c1-4-13(8-11-6-5-7-15-11)9-12(14)16-10(2)3/h10-11H,4-9H2,1-3H3. The first kappa shape index (κ1) is 13.5. The molecule has 0 aromatic carbocycles. The Bertz CT molecular complexity index is 212. The van der Waals surface area contributed by atoms with Gasteiger partial charge in [0, 0.05) is 13.2 Å². The molecule has 0 spiro atoms. The first-order valence-electron chi connectivity index (χ1n) is 6.15. The topological polar surface area (TPSA) is 38.8 Å². The summed E-state index contributed by atoms with van der Waals surface area (Å²) in [6.07, 6.45) is 2.51. The Hall–Kier alpha value is -0.610. The van der Waals surface area contributed by atoms with Crippen molar-refractivity contribution in [1.82, 2.24) is 4.90 Å². The van der Waals surface area contributed by atoms with Crippen molar-refractivity contribution in [3.8, 4) is 0 Å². The van der Waals surface area contributed by atoms with Crippen molar-refractivity contribution in [1.29, 1.82) is 0 Å². The molecule has 1 rings (SSSR count). The Morgan fingerprint density at radius 2 is 2.31 bits per heavy atom. The van der Waals surface area contributed by atoms with Crippen LogP contribution in [0.3, 0.4) is 0 Å². The first-order chi connectivity index (χ1) is 7.61. The molecule has 0 radical (unpaired) electrons. The van der Waals surface area contributed by atoms with Crippen LogP contribution >= 0.6 is 0 Å². The highest BCUT2D eigenvalue weighted by molar-refractivity contribution is 5.71. The van der Waals surface area contributed by atoms with Crippen LogP contribution in [0, 0.1) is 0 Å². The Labute approximate surface area is 97.9 Å². The van der Waals surface area contributed by atoms with E-state index < -0.39 is 0 Å². The van der Waals surface area contributed by atoms with E-state index in [-0.39, 0.29) is 12.1 Å². The van der Waals surface area contributed by atoms with Crippen LogP contribution in [0.2, 0.25) is 0 Å². The largest absolute Gasteiger partial charge is 0.462 e. The summed E-state index contributed by atoms with van der Waals surface area (Å²) in [4.78, 5) is 13.6. The van der Waals surface area contributed by atoms with Crippen molar-refractivity contribution in [3.63, 3.8) is 0 Å². The van der Waals surface area contributed by atoms with Crippen molar-refractivity contribution in [2.75, 3.05) is 26.2 Å². The predicted molar refractivity (Wildman–Crippen MR) is 62.3 cm³/mol. The van der Waals surface area contributed by atoms with Gasteiger partial charge in [-0.2, -0.15) is 0 Å². The molecule has 16 heavy (non-hydrogen) atoms. The fraction of sp³-hybridized carbons (Fsp3) is 0.917. The minimum atomic E-state index is -0.144. The summed E-state index contributed by atoms with van der Waals surface area (Å²) in [5.41, 5.74) is 0. The zero-order valence-corrected chi connectivity index (χ0v) is 10.6. The smallest absolute Gasteiger partial charge is 0.320 e. The highest BCUT2D eigenvalue weighted by atomic mass is 16.5. The van der Waals surface area contributed by atoms with E-state index in [0.29, 0.717) is 12.6 Å². The first-order valence-corrected chi connectivity index (χ1v) is 6.15. The molecule has 0 aromatic rings. The van der Waals surface area contributed by atoms with Gasteiger partial charge in [-0.15, -0.1) is 0 Å². The molecule has 0 aliphatic carbocycles. The van der Waals surface area contributed by atoms with Crippen LogP contribution in [0.5, 0.6) is 0 Å². The molecule has 94 valence electrons. The third-order valence-electron chi connectivity index (χ3n) is 2.65. The molecule has 1 aliphatic rings. The van der Waals surface area contributed by atoms with Gasteiger partial charge in [0.1, 0.15) is 0 Å². The second-order valence-electron chi connectivity index (χ2n) is 4.50. The fourth-order valence-electron chi connectivity index (χ4n) is 1.86. The van der Waals surface area contributed by atoms with E-state index in [1.54, 1.807) is 0 Å². The third kappa shape index (κ3) is 4.94. The van der Waals surface area contributed by atoms with Gasteiger partial charge in [-0.1, -0.05) is 6.92 Å². The van der Waals surface area contributed by atoms with Crippen molar-refractivity contribution in [3.05, 3.63) is 0 Å². The second kappa shape index (κ2) is 6.86. The summed E-state index contributed by atoms with van der Waals surface area (Å²) in [6, 6.07) is 0. The number of rotatable bonds is 6. The molecule has 0 amide bonds. The number of carbonyl (C=O) groups is 1. The molecule has 0 N–H and O–H groups in total. The number of likely N-dealkylation sites (N-methyl/N-ethyl adjacent to an activating group) is 1. The van der Waals surface area contributed by atoms with Crippen molar-refractivity contribution in [2.45, 2.75) is 45.8 Å². The van der Waals surface area contributed by atoms with E-state index in [1.165, 1.54) is 0 Å². The fourth-order valence-corrected chi connectivity index (χ4v) is 1.86. The van der Waals surface area contributed by atoms with Crippen molar-refractivity contribution >= 4 is 5.97 Å². The number of ether oxygens (including phenoxy) is 2. The molecule has 1 heterocycles. The minimum Gasteiger partial charge on any atom is -0.462 e. The van der Waals surface area contributed by atoms with Crippen molar-refractivity contribution in [2.24, 2.45) is 0 Å². The maximum Gasteiger partial charge on any atom is 0.320 e. The lowest BCUT2D eigenvalue weighted by Gasteiger charge is -2.23. The van der Waals surface area contributed by atoms with E-state index in [1.807, 2.05) is 13.8 Å². The highest BCUT2D eigenvalue weighted by Gasteiger charge is 2.20. The number of hydrogen-bond donors (Lipinski definition) is 0. The molecular weight excluding hydrogens is 206 g/mol. The van der Waals surface area contributed by atoms with Crippen LogP contribution in [0.25, 0.3) is 0 Å². The number of nitrogens with zero attached hydrogens (tertiary/aromatic N) is 1. The molecule has 1 aliphatic heterocycles. The normalized spacial score (nSPS) is 20.7. The van der Waals surface area contributed by atoms with Gasteiger partial charge in [0.2, 0.25) is 0 Å². The molecule has 1 fully saturated rings. The zero-order valence-electron chi connectivity index (χ0n) is 10.6. The Kier molecular flexibility index (Phi) is 5.77. The molecule has 4 nitrogen and oxygen atoms in total. The Morgan fingerprint density at radius 3 is 2.81 bits per heavy atom. The molecule has 1 atom stereocenters. The maximum absolute atomic E-state index is 11.5. The van der Waals surface area contributed by atoms with E-state index >= 15 is 0 Å². The monoisotopic (exact) mass is 229 g/mol. The minimum absolute atomic E-state index is 0.0334. The number of esters is 1. The quantitative estimate of drug-likeness (QED) is 0.646. The summed E-state index contributed by atoms with van der Waals surface area (Å²) >= 11 is 0. The third-order valence-corrected chi connectivity index (χ3v) is 2.65. The summed E-state index contributed by atoms with van der Waals surface area (Å²) in [5.74, 6) is -0.144. The Balaban J connectivity index is 2.27. The maximum atomic E-state index is 11.5. The van der Waals surface area contributed by atoms with E-state index in [2.05, 4.69) is 11.8 Å². The molecule has 0 bridgehead atoms. The van der Waals surface area contributed by atoms with Crippen LogP contribution < -0.4 is 0 Å². The SMILES string of the molecule is CCN(CC(=O)OC(C)C)CC1CCCO1. The molecule has 0 saturated carbocycles. The van der Waals surface area contributed by atoms with Gasteiger partial charge in [-0.25, -0.2) is 0 Å². The summed E-state index contributed by atoms with van der Waals surface area (Å²) in [5, 5.41) is 0. The molecule has 1 saturated heterocycles. The van der Waals surface area contributed by atoms with Crippen LogP contribution in [0.1, 0.15) is 33.6 Å². The molecular formula is C12H23NO3. The van der Waals surface area contributed by atoms with Crippen LogP contribution in [-0.4, -0.2) is 49.3 Å². The number of carbonyl (C=O) groups excluding carboxylic acids is 1. The van der Waals surface area contributed by atoms with Crippen LogP contribution in [0.15, 0.2) is 0 Å². The lowest BCUT2D eigenvalue weighted by molar-refractivity contribution is -0.148. The van der Waals surface area contributed by atoms with Gasteiger partial charge in [0.05, 0.1) is 18.8 Å². The predicted octanol–water partition coefficient (Wildman–Crippen LogP) is 1.44. The zero-order chi connectivity index (χ0) is 12.0. The summed E-state index contributed by atoms with van der Waals surface area (Å²) in [6.45, 7) is 8.71. The summed E-state index contributed by atoms with van der Waals surface area (Å²) in [7, 11) is 0. The van der Waals surface area contributed by atoms with Gasteiger partial charge >= 0.3 is 5.97 Å². The second-order valence-corrected chi connectivity index (χ2v) is 4.50. The van der Waals surface area contributed by atoms with Crippen LogP contribution in [0.4, 0.5) is 0 Å². The van der Waals surface area contributed by atoms with E-state index in [4.69, 9.17) is 9.47 Å². The lowest BCUT2D eigenvalue weighted by Crippen LogP contribution is -2.37. The van der Waals surface area contributed by atoms with Gasteiger partial charge in [0.25, 0.3) is 0 Å². The molecule has 4 heteroatoms. The van der Waals surface area contributed by atoms with Gasteiger partial charge < -0.3 is 9.47 Å². The van der Waals surface area contributed by atoms with E-state index in [9.17, 15) is 4.79 Å². The van der Waals surface area contributed by atoms with Gasteiger partial charge in [0.15, 0.2) is 0 Å². The average Bonchev–Trinajstić information content (AvgIpc) is 2.68. The van der Waals surface area contributed by atoms with Gasteiger partial charge in [-0.3, -0.25) is 9.69 Å². The molecule has 0 aromatic heterocycles. The van der Waals surface area contributed by atoms with Crippen molar-refractivity contribution < 1.29 is 14.3 Å². The van der Waals surface area contributed by atoms with Crippen LogP contribution in [-0.2, 0) is 14.3 Å². The Morgan fingerprint density at radius 1 is 1.56 bits per heavy atom. The highest BCUT2D eigenvalue weighted by Crippen LogP contribution is 2.13. The molecule has 1 unspecified atom stereocenters. The average molecular weight is 229 g/mol.